The summed E-state index contributed by atoms with van der Waals surface area (Å²) in [4.78, 5) is 3.89. The molecule has 3 N–H and O–H groups in total. The number of methoxy groups -OCH3 is 1. The molecule has 0 aliphatic heterocycles. The molecular weight excluding hydrogens is 282 g/mol. The second-order valence-electron chi connectivity index (χ2n) is 4.12. The van der Waals surface area contributed by atoms with E-state index in [4.69, 9.17) is 10.5 Å². The van der Waals surface area contributed by atoms with Crippen LogP contribution in [0.5, 0.6) is 5.88 Å². The van der Waals surface area contributed by atoms with Gasteiger partial charge < -0.3 is 10.5 Å². The van der Waals surface area contributed by atoms with Gasteiger partial charge >= 0.3 is 0 Å². The van der Waals surface area contributed by atoms with Crippen LogP contribution in [0.4, 0.5) is 11.5 Å². The van der Waals surface area contributed by atoms with Crippen LogP contribution in [-0.2, 0) is 17.1 Å². The largest absolute Gasteiger partial charge is 0.481 e. The lowest BCUT2D eigenvalue weighted by atomic mass is 10.4. The molecule has 0 radical (unpaired) electrons. The second kappa shape index (κ2) is 5.00. The summed E-state index contributed by atoms with van der Waals surface area (Å²) in [5, 5.41) is 3.89. The van der Waals surface area contributed by atoms with E-state index in [0.717, 1.165) is 0 Å². The molecule has 2 rings (SSSR count). The lowest BCUT2D eigenvalue weighted by molar-refractivity contribution is 0.398. The van der Waals surface area contributed by atoms with Gasteiger partial charge in [0, 0.05) is 13.1 Å². The van der Waals surface area contributed by atoms with Crippen LogP contribution in [0.2, 0.25) is 0 Å². The monoisotopic (exact) mass is 297 g/mol. The molecule has 0 atom stereocenters. The number of nitrogens with zero attached hydrogens (tertiary/aromatic N) is 3. The van der Waals surface area contributed by atoms with Crippen molar-refractivity contribution in [3.8, 4) is 5.88 Å². The number of anilines is 2. The van der Waals surface area contributed by atoms with E-state index in [-0.39, 0.29) is 10.7 Å². The Morgan fingerprint density at radius 3 is 2.55 bits per heavy atom. The predicted octanol–water partition coefficient (Wildman–Crippen LogP) is 0.515. The van der Waals surface area contributed by atoms with E-state index < -0.39 is 10.0 Å². The average Bonchev–Trinajstić information content (AvgIpc) is 2.64. The Morgan fingerprint density at radius 2 is 2.10 bits per heavy atom. The van der Waals surface area contributed by atoms with Crippen LogP contribution in [0.1, 0.15) is 5.69 Å². The molecule has 0 amide bonds. The molecule has 0 saturated carbocycles. The molecule has 0 bridgehead atoms. The first-order valence-corrected chi connectivity index (χ1v) is 7.15. The van der Waals surface area contributed by atoms with Gasteiger partial charge in [-0.05, 0) is 13.0 Å². The van der Waals surface area contributed by atoms with Crippen LogP contribution >= 0.6 is 0 Å². The molecule has 0 aliphatic carbocycles. The zero-order chi connectivity index (χ0) is 14.9. The zero-order valence-corrected chi connectivity index (χ0v) is 12.1. The van der Waals surface area contributed by atoms with Crippen molar-refractivity contribution in [2.24, 2.45) is 7.05 Å². The average molecular weight is 297 g/mol. The Labute approximate surface area is 116 Å². The molecule has 8 nitrogen and oxygen atoms in total. The highest BCUT2D eigenvalue weighted by Gasteiger charge is 2.24. The number of sulfonamides is 1. The molecule has 2 aromatic rings. The zero-order valence-electron chi connectivity index (χ0n) is 11.3. The number of nitrogens with one attached hydrogen (secondary N) is 1. The highest BCUT2D eigenvalue weighted by Crippen LogP contribution is 2.24. The minimum atomic E-state index is -3.81. The summed E-state index contributed by atoms with van der Waals surface area (Å²) in [6.07, 6.45) is 1.36. The summed E-state index contributed by atoms with van der Waals surface area (Å²) < 4.78 is 33.3. The fourth-order valence-electron chi connectivity index (χ4n) is 1.71. The van der Waals surface area contributed by atoms with Crippen molar-refractivity contribution < 1.29 is 13.2 Å². The van der Waals surface area contributed by atoms with Gasteiger partial charge in [-0.3, -0.25) is 9.40 Å². The molecule has 20 heavy (non-hydrogen) atoms. The molecule has 2 aromatic heterocycles. The van der Waals surface area contributed by atoms with Crippen LogP contribution in [0.3, 0.4) is 0 Å². The first kappa shape index (κ1) is 14.1. The summed E-state index contributed by atoms with van der Waals surface area (Å²) in [6.45, 7) is 1.63. The lowest BCUT2D eigenvalue weighted by Crippen LogP contribution is -2.15. The quantitative estimate of drug-likeness (QED) is 0.850. The Morgan fingerprint density at radius 1 is 1.40 bits per heavy atom. The number of nitrogen functional groups attached to an aromatic ring is 1. The summed E-state index contributed by atoms with van der Waals surface area (Å²) in [5.41, 5.74) is 6.41. The van der Waals surface area contributed by atoms with Gasteiger partial charge in [0.1, 0.15) is 0 Å². The minimum Gasteiger partial charge on any atom is -0.481 e. The minimum absolute atomic E-state index is 0.0316. The van der Waals surface area contributed by atoms with Gasteiger partial charge in [-0.25, -0.2) is 13.4 Å². The fraction of sp³-hybridized carbons (Fsp3) is 0.273. The molecule has 0 fully saturated rings. The highest BCUT2D eigenvalue weighted by atomic mass is 32.2. The molecule has 2 heterocycles. The standard InChI is InChI=1S/C11H15N5O3S/c1-7-10(11(12)14-16(7)2)20(17,18)15-8-4-5-9(19-3)13-6-8/h4-6,15H,1-3H3,(H2,12,14). The van der Waals surface area contributed by atoms with Gasteiger partial charge in [0.25, 0.3) is 10.0 Å². The summed E-state index contributed by atoms with van der Waals surface area (Å²) in [7, 11) is -0.710. The van der Waals surface area contributed by atoms with E-state index in [2.05, 4.69) is 14.8 Å². The van der Waals surface area contributed by atoms with Crippen LogP contribution < -0.4 is 15.2 Å². The van der Waals surface area contributed by atoms with Crippen LogP contribution in [-0.4, -0.2) is 30.3 Å². The van der Waals surface area contributed by atoms with Gasteiger partial charge in [-0.2, -0.15) is 5.10 Å². The summed E-state index contributed by atoms with van der Waals surface area (Å²) in [6, 6.07) is 3.10. The van der Waals surface area contributed by atoms with Crippen molar-refractivity contribution in [2.45, 2.75) is 11.8 Å². The van der Waals surface area contributed by atoms with E-state index >= 15 is 0 Å². The number of hydrogen-bond donors (Lipinski definition) is 2. The van der Waals surface area contributed by atoms with Crippen LogP contribution in [0, 0.1) is 6.92 Å². The van der Waals surface area contributed by atoms with Gasteiger partial charge in [0.2, 0.25) is 5.88 Å². The van der Waals surface area contributed by atoms with Crippen molar-refractivity contribution in [1.82, 2.24) is 14.8 Å². The van der Waals surface area contributed by atoms with Crippen LogP contribution in [0.25, 0.3) is 0 Å². The SMILES string of the molecule is COc1ccc(NS(=O)(=O)c2c(N)nn(C)c2C)cn1. The molecule has 108 valence electrons. The maximum Gasteiger partial charge on any atom is 0.267 e. The summed E-state index contributed by atoms with van der Waals surface area (Å²) in [5.74, 6) is 0.351. The van der Waals surface area contributed by atoms with E-state index in [1.165, 1.54) is 18.0 Å². The predicted molar refractivity (Wildman–Crippen MR) is 74.0 cm³/mol. The van der Waals surface area contributed by atoms with Crippen LogP contribution in [0.15, 0.2) is 23.2 Å². The van der Waals surface area contributed by atoms with Gasteiger partial charge in [0.05, 0.1) is 24.7 Å². The Bertz CT molecular complexity index is 721. The maximum absolute atomic E-state index is 12.3. The maximum atomic E-state index is 12.3. The Balaban J connectivity index is 2.35. The van der Waals surface area contributed by atoms with Crippen molar-refractivity contribution in [1.29, 1.82) is 0 Å². The number of hydrogen-bond acceptors (Lipinski definition) is 6. The highest BCUT2D eigenvalue weighted by molar-refractivity contribution is 7.93. The Kier molecular flexibility index (Phi) is 3.53. The number of aryl methyl sites for hydroxylation is 1. The van der Waals surface area contributed by atoms with E-state index in [0.29, 0.717) is 17.3 Å². The third-order valence-corrected chi connectivity index (χ3v) is 4.32. The topological polar surface area (TPSA) is 112 Å². The third-order valence-electron chi connectivity index (χ3n) is 2.77. The van der Waals surface area contributed by atoms with Crippen molar-refractivity contribution in [2.75, 3.05) is 17.6 Å². The molecule has 0 unspecified atom stereocenters. The summed E-state index contributed by atoms with van der Waals surface area (Å²) >= 11 is 0. The molecule has 0 spiro atoms. The van der Waals surface area contributed by atoms with Crippen molar-refractivity contribution in [3.63, 3.8) is 0 Å². The second-order valence-corrected chi connectivity index (χ2v) is 5.74. The molecule has 0 aliphatic rings. The van der Waals surface area contributed by atoms with E-state index in [9.17, 15) is 8.42 Å². The normalized spacial score (nSPS) is 11.3. The van der Waals surface area contributed by atoms with E-state index in [1.54, 1.807) is 26.1 Å². The Hall–Kier alpha value is -2.29. The number of rotatable bonds is 4. The molecular formula is C11H15N5O3S. The van der Waals surface area contributed by atoms with Gasteiger partial charge in [-0.15, -0.1) is 0 Å². The smallest absolute Gasteiger partial charge is 0.267 e. The number of ether oxygens (including phenoxy) is 1. The molecule has 0 aromatic carbocycles. The number of aromatic nitrogens is 3. The fourth-order valence-corrected chi connectivity index (χ4v) is 3.08. The lowest BCUT2D eigenvalue weighted by Gasteiger charge is -2.08. The molecule has 9 heteroatoms. The number of nitrogens with two attached hydrogens (primary N) is 1. The molecule has 0 saturated heterocycles. The van der Waals surface area contributed by atoms with Crippen molar-refractivity contribution >= 4 is 21.5 Å². The van der Waals surface area contributed by atoms with Crippen molar-refractivity contribution in [3.05, 3.63) is 24.0 Å². The first-order chi connectivity index (χ1) is 9.35. The first-order valence-electron chi connectivity index (χ1n) is 5.67. The van der Waals surface area contributed by atoms with Gasteiger partial charge in [-0.1, -0.05) is 0 Å². The van der Waals surface area contributed by atoms with Gasteiger partial charge in [0.15, 0.2) is 10.7 Å². The van der Waals surface area contributed by atoms with E-state index in [1.807, 2.05) is 0 Å². The number of pyridine rings is 1. The third kappa shape index (κ3) is 2.52.